The van der Waals surface area contributed by atoms with Crippen molar-refractivity contribution in [3.05, 3.63) is 0 Å². The van der Waals surface area contributed by atoms with Gasteiger partial charge in [0.2, 0.25) is 0 Å². The summed E-state index contributed by atoms with van der Waals surface area (Å²) < 4.78 is 0. The zero-order valence-corrected chi connectivity index (χ0v) is 12.6. The summed E-state index contributed by atoms with van der Waals surface area (Å²) in [7, 11) is 0. The van der Waals surface area contributed by atoms with E-state index in [-0.39, 0.29) is 0 Å². The summed E-state index contributed by atoms with van der Waals surface area (Å²) >= 11 is 0. The monoisotopic (exact) mass is 276 g/mol. The Morgan fingerprint density at radius 1 is 1.10 bits per heavy atom. The predicted molar refractivity (Wildman–Crippen MR) is 80.1 cm³/mol. The third kappa shape index (κ3) is 3.33. The largest absolute Gasteiger partial charge is 0.313 e. The van der Waals surface area contributed by atoms with Crippen LogP contribution in [0.1, 0.15) is 38.5 Å². The van der Waals surface area contributed by atoms with E-state index in [9.17, 15) is 5.26 Å². The third-order valence-corrected chi connectivity index (χ3v) is 5.55. The fourth-order valence-electron chi connectivity index (χ4n) is 3.85. The maximum absolute atomic E-state index is 9.26. The summed E-state index contributed by atoms with van der Waals surface area (Å²) in [4.78, 5) is 5.20. The molecule has 2 unspecified atom stereocenters. The number of hydrogen-bond donors (Lipinski definition) is 1. The molecule has 4 nitrogen and oxygen atoms in total. The van der Waals surface area contributed by atoms with E-state index in [0.717, 1.165) is 38.1 Å². The van der Waals surface area contributed by atoms with Crippen molar-refractivity contribution in [2.75, 3.05) is 39.3 Å². The molecule has 2 aliphatic carbocycles. The van der Waals surface area contributed by atoms with Crippen LogP contribution in [0, 0.1) is 23.2 Å². The second kappa shape index (κ2) is 6.01. The van der Waals surface area contributed by atoms with Gasteiger partial charge in [-0.25, -0.2) is 0 Å². The number of nitrogens with two attached hydrogens (primary N) is 1. The topological polar surface area (TPSA) is 56.3 Å². The van der Waals surface area contributed by atoms with Gasteiger partial charge in [0.25, 0.3) is 0 Å². The van der Waals surface area contributed by atoms with Crippen LogP contribution in [0.25, 0.3) is 0 Å². The molecular formula is C16H28N4. The van der Waals surface area contributed by atoms with Crippen molar-refractivity contribution in [1.82, 2.24) is 9.80 Å². The summed E-state index contributed by atoms with van der Waals surface area (Å²) in [5.41, 5.74) is 5.68. The van der Waals surface area contributed by atoms with Crippen molar-refractivity contribution in [3.8, 4) is 6.07 Å². The number of rotatable bonds is 5. The average Bonchev–Trinajstić information content (AvgIpc) is 3.20. The number of nitriles is 1. The summed E-state index contributed by atoms with van der Waals surface area (Å²) in [6.45, 7) is 7.31. The SMILES string of the molecule is N#CC1(N)CCCC1CCN1CCN(CC2CC2)CC1. The Labute approximate surface area is 122 Å². The van der Waals surface area contributed by atoms with Gasteiger partial charge in [0.05, 0.1) is 6.07 Å². The third-order valence-electron chi connectivity index (χ3n) is 5.55. The first kappa shape index (κ1) is 14.3. The van der Waals surface area contributed by atoms with Crippen LogP contribution in [-0.2, 0) is 0 Å². The minimum absolute atomic E-state index is 0.414. The first-order valence-electron chi connectivity index (χ1n) is 8.34. The second-order valence-corrected chi connectivity index (χ2v) is 7.12. The molecule has 112 valence electrons. The van der Waals surface area contributed by atoms with E-state index >= 15 is 0 Å². The lowest BCUT2D eigenvalue weighted by atomic mass is 9.87. The normalized spacial score (nSPS) is 36.1. The van der Waals surface area contributed by atoms with Crippen molar-refractivity contribution in [2.24, 2.45) is 17.6 Å². The summed E-state index contributed by atoms with van der Waals surface area (Å²) in [6, 6.07) is 2.36. The van der Waals surface area contributed by atoms with E-state index in [2.05, 4.69) is 15.9 Å². The van der Waals surface area contributed by atoms with Crippen LogP contribution in [0.4, 0.5) is 0 Å². The lowest BCUT2D eigenvalue weighted by molar-refractivity contribution is 0.121. The Morgan fingerprint density at radius 2 is 1.80 bits per heavy atom. The Bertz CT molecular complexity index is 365. The van der Waals surface area contributed by atoms with Crippen molar-refractivity contribution < 1.29 is 0 Å². The van der Waals surface area contributed by atoms with Gasteiger partial charge in [-0.3, -0.25) is 0 Å². The van der Waals surface area contributed by atoms with Gasteiger partial charge in [-0.05, 0) is 50.5 Å². The lowest BCUT2D eigenvalue weighted by Crippen LogP contribution is -2.48. The van der Waals surface area contributed by atoms with Gasteiger partial charge in [-0.15, -0.1) is 0 Å². The molecule has 2 N–H and O–H groups in total. The van der Waals surface area contributed by atoms with Gasteiger partial charge in [-0.2, -0.15) is 5.26 Å². The first-order valence-corrected chi connectivity index (χ1v) is 8.34. The van der Waals surface area contributed by atoms with E-state index in [1.165, 1.54) is 45.6 Å². The molecule has 0 aromatic rings. The van der Waals surface area contributed by atoms with Crippen LogP contribution in [0.15, 0.2) is 0 Å². The molecule has 3 rings (SSSR count). The highest BCUT2D eigenvalue weighted by Gasteiger charge is 2.39. The lowest BCUT2D eigenvalue weighted by Gasteiger charge is -2.36. The number of nitrogens with zero attached hydrogens (tertiary/aromatic N) is 3. The number of hydrogen-bond acceptors (Lipinski definition) is 4. The molecule has 0 aromatic heterocycles. The molecule has 2 saturated carbocycles. The van der Waals surface area contributed by atoms with E-state index in [0.29, 0.717) is 5.92 Å². The van der Waals surface area contributed by atoms with E-state index in [1.54, 1.807) is 0 Å². The maximum atomic E-state index is 9.26. The highest BCUT2D eigenvalue weighted by molar-refractivity contribution is 5.12. The van der Waals surface area contributed by atoms with Gasteiger partial charge in [0.15, 0.2) is 0 Å². The highest BCUT2D eigenvalue weighted by Crippen LogP contribution is 2.35. The first-order chi connectivity index (χ1) is 9.69. The summed E-state index contributed by atoms with van der Waals surface area (Å²) in [6.07, 6.45) is 7.18. The molecule has 0 bridgehead atoms. The minimum Gasteiger partial charge on any atom is -0.313 e. The Balaban J connectivity index is 1.38. The second-order valence-electron chi connectivity index (χ2n) is 7.12. The van der Waals surface area contributed by atoms with Crippen LogP contribution < -0.4 is 5.73 Å². The van der Waals surface area contributed by atoms with Crippen LogP contribution in [0.5, 0.6) is 0 Å². The van der Waals surface area contributed by atoms with Crippen LogP contribution in [0.3, 0.4) is 0 Å². The van der Waals surface area contributed by atoms with Crippen molar-refractivity contribution >= 4 is 0 Å². The molecule has 2 atom stereocenters. The molecule has 3 fully saturated rings. The van der Waals surface area contributed by atoms with Crippen molar-refractivity contribution in [1.29, 1.82) is 5.26 Å². The smallest absolute Gasteiger partial charge is 0.107 e. The maximum Gasteiger partial charge on any atom is 0.107 e. The number of piperazine rings is 1. The molecule has 1 heterocycles. The van der Waals surface area contributed by atoms with E-state index < -0.39 is 5.54 Å². The highest BCUT2D eigenvalue weighted by atomic mass is 15.3. The Hall–Kier alpha value is -0.630. The van der Waals surface area contributed by atoms with Crippen LogP contribution >= 0.6 is 0 Å². The average molecular weight is 276 g/mol. The quantitative estimate of drug-likeness (QED) is 0.825. The molecule has 0 amide bonds. The fourth-order valence-corrected chi connectivity index (χ4v) is 3.85. The molecular weight excluding hydrogens is 248 g/mol. The zero-order valence-electron chi connectivity index (χ0n) is 12.6. The molecule has 20 heavy (non-hydrogen) atoms. The fraction of sp³-hybridized carbons (Fsp3) is 0.938. The Kier molecular flexibility index (Phi) is 4.30. The molecule has 4 heteroatoms. The summed E-state index contributed by atoms with van der Waals surface area (Å²) in [5.74, 6) is 1.42. The van der Waals surface area contributed by atoms with Gasteiger partial charge < -0.3 is 15.5 Å². The Morgan fingerprint density at radius 3 is 2.45 bits per heavy atom. The zero-order chi connectivity index (χ0) is 14.0. The van der Waals surface area contributed by atoms with Crippen LogP contribution in [-0.4, -0.2) is 54.6 Å². The van der Waals surface area contributed by atoms with Gasteiger partial charge >= 0.3 is 0 Å². The van der Waals surface area contributed by atoms with Gasteiger partial charge in [0, 0.05) is 32.7 Å². The van der Waals surface area contributed by atoms with Crippen LogP contribution in [0.2, 0.25) is 0 Å². The molecule has 0 spiro atoms. The van der Waals surface area contributed by atoms with Crippen molar-refractivity contribution in [3.63, 3.8) is 0 Å². The standard InChI is InChI=1S/C16H28N4/c17-13-16(18)6-1-2-15(16)5-7-19-8-10-20(11-9-19)12-14-3-4-14/h14-15H,1-12,18H2. The van der Waals surface area contributed by atoms with Gasteiger partial charge in [0.1, 0.15) is 5.54 Å². The molecule has 0 radical (unpaired) electrons. The van der Waals surface area contributed by atoms with Crippen molar-refractivity contribution in [2.45, 2.75) is 44.1 Å². The molecule has 3 aliphatic rings. The van der Waals surface area contributed by atoms with E-state index in [4.69, 9.17) is 5.73 Å². The van der Waals surface area contributed by atoms with E-state index in [1.807, 2.05) is 0 Å². The van der Waals surface area contributed by atoms with Gasteiger partial charge in [-0.1, -0.05) is 6.42 Å². The molecule has 0 aromatic carbocycles. The molecule has 1 aliphatic heterocycles. The molecule has 1 saturated heterocycles. The summed E-state index contributed by atoms with van der Waals surface area (Å²) in [5, 5.41) is 9.26. The predicted octanol–water partition coefficient (Wildman–Crippen LogP) is 1.43. The minimum atomic E-state index is -0.534.